The molecule has 1 aromatic carbocycles. The summed E-state index contributed by atoms with van der Waals surface area (Å²) in [6.45, 7) is 1.41. The SMILES string of the molecule is CC(=O)Nc1ccc(C2=CSC3=N[C@@H]4CCCC[C@H]4N23)c(F)c1. The fourth-order valence-electron chi connectivity index (χ4n) is 3.62. The molecule has 23 heavy (non-hydrogen) atoms. The molecule has 120 valence electrons. The largest absolute Gasteiger partial charge is 0.326 e. The normalized spacial score (nSPS) is 25.6. The van der Waals surface area contributed by atoms with E-state index in [2.05, 4.69) is 10.2 Å². The van der Waals surface area contributed by atoms with Gasteiger partial charge in [-0.2, -0.15) is 0 Å². The van der Waals surface area contributed by atoms with Gasteiger partial charge in [-0.1, -0.05) is 24.6 Å². The number of amidine groups is 1. The second-order valence-electron chi connectivity index (χ2n) is 6.20. The van der Waals surface area contributed by atoms with E-state index in [9.17, 15) is 9.18 Å². The van der Waals surface area contributed by atoms with Crippen molar-refractivity contribution < 1.29 is 9.18 Å². The molecule has 0 radical (unpaired) electrons. The summed E-state index contributed by atoms with van der Waals surface area (Å²) in [7, 11) is 0. The van der Waals surface area contributed by atoms with Gasteiger partial charge in [0.2, 0.25) is 5.91 Å². The van der Waals surface area contributed by atoms with Gasteiger partial charge in [-0.15, -0.1) is 0 Å². The van der Waals surface area contributed by atoms with Crippen LogP contribution < -0.4 is 5.32 Å². The Hall–Kier alpha value is -1.82. The third-order valence-corrected chi connectivity index (χ3v) is 5.46. The predicted octanol–water partition coefficient (Wildman–Crippen LogP) is 3.81. The Morgan fingerprint density at radius 3 is 3.00 bits per heavy atom. The van der Waals surface area contributed by atoms with Crippen molar-refractivity contribution in [3.05, 3.63) is 35.0 Å². The van der Waals surface area contributed by atoms with Gasteiger partial charge in [0.1, 0.15) is 5.82 Å². The standard InChI is InChI=1S/C17H18FN3OS/c1-10(22)19-11-6-7-12(13(18)8-11)16-9-23-17-20-14-4-2-3-5-15(14)21(16)17/h6-9,14-15H,2-5H2,1H3,(H,19,22)/t14-,15-/m1/s1. The molecule has 4 rings (SSSR count). The lowest BCUT2D eigenvalue weighted by atomic mass is 9.90. The zero-order chi connectivity index (χ0) is 16.0. The topological polar surface area (TPSA) is 44.7 Å². The number of benzene rings is 1. The Morgan fingerprint density at radius 2 is 2.22 bits per heavy atom. The highest BCUT2D eigenvalue weighted by Gasteiger charge is 2.42. The molecule has 0 aromatic heterocycles. The number of carbonyl (C=O) groups excluding carboxylic acids is 1. The third kappa shape index (κ3) is 2.55. The van der Waals surface area contributed by atoms with Gasteiger partial charge in [-0.25, -0.2) is 4.39 Å². The van der Waals surface area contributed by atoms with Crippen molar-refractivity contribution in [2.24, 2.45) is 4.99 Å². The van der Waals surface area contributed by atoms with Crippen molar-refractivity contribution in [1.29, 1.82) is 0 Å². The molecule has 1 saturated carbocycles. The zero-order valence-electron chi connectivity index (χ0n) is 12.9. The second-order valence-corrected chi connectivity index (χ2v) is 7.03. The number of nitrogens with one attached hydrogen (secondary N) is 1. The number of nitrogens with zero attached hydrogens (tertiary/aromatic N) is 2. The number of rotatable bonds is 2. The van der Waals surface area contributed by atoms with E-state index in [1.54, 1.807) is 23.9 Å². The maximum atomic E-state index is 14.6. The summed E-state index contributed by atoms with van der Waals surface area (Å²) in [6.07, 6.45) is 4.68. The molecule has 0 bridgehead atoms. The first-order valence-electron chi connectivity index (χ1n) is 7.95. The molecule has 1 N–H and O–H groups in total. The molecule has 2 atom stereocenters. The van der Waals surface area contributed by atoms with Crippen molar-refractivity contribution in [3.63, 3.8) is 0 Å². The van der Waals surface area contributed by atoms with Gasteiger partial charge in [0.15, 0.2) is 5.17 Å². The van der Waals surface area contributed by atoms with Crippen LogP contribution >= 0.6 is 11.8 Å². The van der Waals surface area contributed by atoms with Crippen LogP contribution in [0.2, 0.25) is 0 Å². The molecule has 1 aromatic rings. The molecule has 2 heterocycles. The van der Waals surface area contributed by atoms with E-state index in [0.717, 1.165) is 23.7 Å². The van der Waals surface area contributed by atoms with Gasteiger partial charge < -0.3 is 10.2 Å². The average Bonchev–Trinajstić information content (AvgIpc) is 3.06. The smallest absolute Gasteiger partial charge is 0.221 e. The van der Waals surface area contributed by atoms with Crippen LogP contribution in [0.1, 0.15) is 38.2 Å². The van der Waals surface area contributed by atoms with Gasteiger partial charge >= 0.3 is 0 Å². The molecule has 1 aliphatic carbocycles. The molecule has 6 heteroatoms. The van der Waals surface area contributed by atoms with Crippen LogP contribution in [0.4, 0.5) is 10.1 Å². The van der Waals surface area contributed by atoms with Crippen LogP contribution in [0.3, 0.4) is 0 Å². The Labute approximate surface area is 138 Å². The Bertz CT molecular complexity index is 731. The number of aliphatic imine (C=N–C) groups is 1. The number of amides is 1. The van der Waals surface area contributed by atoms with Crippen LogP contribution in [-0.4, -0.2) is 28.1 Å². The van der Waals surface area contributed by atoms with Gasteiger partial charge in [0, 0.05) is 23.6 Å². The number of hydrogen-bond acceptors (Lipinski definition) is 4. The van der Waals surface area contributed by atoms with Crippen molar-refractivity contribution in [3.8, 4) is 0 Å². The monoisotopic (exact) mass is 331 g/mol. The molecule has 4 nitrogen and oxygen atoms in total. The fraction of sp³-hybridized carbons (Fsp3) is 0.412. The van der Waals surface area contributed by atoms with Crippen LogP contribution in [0, 0.1) is 5.82 Å². The summed E-state index contributed by atoms with van der Waals surface area (Å²) in [5.41, 5.74) is 1.95. The summed E-state index contributed by atoms with van der Waals surface area (Å²) >= 11 is 1.58. The Kier molecular flexibility index (Phi) is 3.64. The highest BCUT2D eigenvalue weighted by atomic mass is 32.2. The highest BCUT2D eigenvalue weighted by Crippen LogP contribution is 2.44. The van der Waals surface area contributed by atoms with Gasteiger partial charge in [0.05, 0.1) is 17.8 Å². The predicted molar refractivity (Wildman–Crippen MR) is 91.6 cm³/mol. The van der Waals surface area contributed by atoms with Crippen molar-refractivity contribution >= 4 is 34.2 Å². The first kappa shape index (κ1) is 14.8. The third-order valence-electron chi connectivity index (χ3n) is 4.61. The number of thioether (sulfide) groups is 1. The van der Waals surface area contributed by atoms with Crippen LogP contribution in [-0.2, 0) is 4.79 Å². The van der Waals surface area contributed by atoms with Crippen molar-refractivity contribution in [1.82, 2.24) is 4.90 Å². The summed E-state index contributed by atoms with van der Waals surface area (Å²) < 4.78 is 14.6. The summed E-state index contributed by atoms with van der Waals surface area (Å²) in [5, 5.41) is 5.60. The lowest BCUT2D eigenvalue weighted by molar-refractivity contribution is -0.114. The lowest BCUT2D eigenvalue weighted by Gasteiger charge is -2.32. The number of anilines is 1. The average molecular weight is 331 g/mol. The van der Waals surface area contributed by atoms with E-state index in [1.165, 1.54) is 25.8 Å². The number of fused-ring (bicyclic) bond motifs is 3. The summed E-state index contributed by atoms with van der Waals surface area (Å²) in [6, 6.07) is 5.60. The fourth-order valence-corrected chi connectivity index (χ4v) is 4.62. The maximum absolute atomic E-state index is 14.6. The zero-order valence-corrected chi connectivity index (χ0v) is 13.7. The quantitative estimate of drug-likeness (QED) is 0.896. The van der Waals surface area contributed by atoms with Crippen molar-refractivity contribution in [2.75, 3.05) is 5.32 Å². The second kappa shape index (κ2) is 5.67. The van der Waals surface area contributed by atoms with Crippen LogP contribution in [0.15, 0.2) is 28.6 Å². The Balaban J connectivity index is 1.63. The molecular formula is C17H18FN3OS. The van der Waals surface area contributed by atoms with Crippen LogP contribution in [0.25, 0.3) is 5.70 Å². The summed E-state index contributed by atoms with van der Waals surface area (Å²) in [4.78, 5) is 18.1. The van der Waals surface area contributed by atoms with Gasteiger partial charge in [-0.3, -0.25) is 9.79 Å². The molecule has 3 aliphatic rings. The summed E-state index contributed by atoms with van der Waals surface area (Å²) in [5.74, 6) is -0.518. The first-order chi connectivity index (χ1) is 11.1. The minimum atomic E-state index is -0.316. The molecule has 0 unspecified atom stereocenters. The van der Waals surface area contributed by atoms with E-state index in [1.807, 2.05) is 5.41 Å². The minimum Gasteiger partial charge on any atom is -0.326 e. The van der Waals surface area contributed by atoms with E-state index in [0.29, 0.717) is 23.3 Å². The maximum Gasteiger partial charge on any atom is 0.221 e. The van der Waals surface area contributed by atoms with E-state index < -0.39 is 0 Å². The van der Waals surface area contributed by atoms with Crippen LogP contribution in [0.5, 0.6) is 0 Å². The molecular weight excluding hydrogens is 313 g/mol. The molecule has 2 aliphatic heterocycles. The molecule has 1 amide bonds. The highest BCUT2D eigenvalue weighted by molar-refractivity contribution is 8.16. The number of hydrogen-bond donors (Lipinski definition) is 1. The van der Waals surface area contributed by atoms with Gasteiger partial charge in [0.25, 0.3) is 0 Å². The number of carbonyl (C=O) groups is 1. The van der Waals surface area contributed by atoms with Crippen molar-refractivity contribution in [2.45, 2.75) is 44.7 Å². The first-order valence-corrected chi connectivity index (χ1v) is 8.83. The molecule has 0 saturated heterocycles. The minimum absolute atomic E-state index is 0.202. The lowest BCUT2D eigenvalue weighted by Crippen LogP contribution is -2.38. The number of halogens is 1. The molecule has 0 spiro atoms. The van der Waals surface area contributed by atoms with E-state index in [-0.39, 0.29) is 11.7 Å². The molecule has 1 fully saturated rings. The van der Waals surface area contributed by atoms with E-state index >= 15 is 0 Å². The Morgan fingerprint density at radius 1 is 1.39 bits per heavy atom. The van der Waals surface area contributed by atoms with Gasteiger partial charge in [-0.05, 0) is 31.0 Å². The van der Waals surface area contributed by atoms with E-state index in [4.69, 9.17) is 4.99 Å².